The molecule has 3 fully saturated rings. The maximum absolute atomic E-state index is 12.5. The quantitative estimate of drug-likeness (QED) is 0.772. The molecule has 1 aromatic rings. The molecule has 1 unspecified atom stereocenters. The molecule has 0 radical (unpaired) electrons. The highest BCUT2D eigenvalue weighted by Gasteiger charge is 2.56. The highest BCUT2D eigenvalue weighted by atomic mass is 32.2. The van der Waals surface area contributed by atoms with E-state index in [0.717, 1.165) is 4.90 Å². The van der Waals surface area contributed by atoms with Gasteiger partial charge < -0.3 is 14.2 Å². The average Bonchev–Trinajstić information content (AvgIpc) is 3.09. The van der Waals surface area contributed by atoms with E-state index in [1.54, 1.807) is 0 Å². The molecule has 0 spiro atoms. The summed E-state index contributed by atoms with van der Waals surface area (Å²) in [6.07, 6.45) is 0.156. The number of rotatable bonds is 2. The van der Waals surface area contributed by atoms with Crippen LogP contribution >= 0.6 is 0 Å². The summed E-state index contributed by atoms with van der Waals surface area (Å²) < 4.78 is 28.9. The number of fused-ring (bicyclic) bond motifs is 3. The summed E-state index contributed by atoms with van der Waals surface area (Å²) >= 11 is 0. The number of benzene rings is 1. The summed E-state index contributed by atoms with van der Waals surface area (Å²) in [5.74, 6) is -0.0690. The average molecular weight is 294 g/mol. The summed E-state index contributed by atoms with van der Waals surface area (Å²) in [4.78, 5) is 12.0. The second-order valence-corrected chi connectivity index (χ2v) is 6.90. The minimum atomic E-state index is -1.21. The van der Waals surface area contributed by atoms with Gasteiger partial charge in [0.25, 0.3) is 0 Å². The third-order valence-corrected chi connectivity index (χ3v) is 5.65. The minimum absolute atomic E-state index is 0.0465. The van der Waals surface area contributed by atoms with Crippen LogP contribution in [0.1, 0.15) is 12.8 Å². The van der Waals surface area contributed by atoms with E-state index in [1.807, 2.05) is 30.3 Å². The summed E-state index contributed by atoms with van der Waals surface area (Å²) in [6.45, 7) is 0. The lowest BCUT2D eigenvalue weighted by molar-refractivity contribution is -0.197. The Morgan fingerprint density at radius 1 is 1.05 bits per heavy atom. The molecule has 0 bridgehead atoms. The molecule has 0 saturated carbocycles. The van der Waals surface area contributed by atoms with E-state index in [2.05, 4.69) is 0 Å². The molecule has 1 aromatic carbocycles. The van der Waals surface area contributed by atoms with E-state index < -0.39 is 23.4 Å². The summed E-state index contributed by atoms with van der Waals surface area (Å²) in [5.41, 5.74) is -0.371. The Morgan fingerprint density at radius 2 is 1.85 bits per heavy atom. The van der Waals surface area contributed by atoms with Crippen LogP contribution in [0.3, 0.4) is 0 Å². The van der Waals surface area contributed by atoms with Gasteiger partial charge in [0.15, 0.2) is 6.29 Å². The van der Waals surface area contributed by atoms with Crippen LogP contribution in [0.5, 0.6) is 0 Å². The van der Waals surface area contributed by atoms with Gasteiger partial charge in [-0.25, -0.2) is 0 Å². The molecule has 20 heavy (non-hydrogen) atoms. The zero-order valence-electron chi connectivity index (χ0n) is 10.6. The van der Waals surface area contributed by atoms with Crippen LogP contribution < -0.4 is 0 Å². The Kier molecular flexibility index (Phi) is 2.90. The van der Waals surface area contributed by atoms with E-state index >= 15 is 0 Å². The molecule has 4 rings (SSSR count). The maximum Gasteiger partial charge on any atom is 0.308 e. The van der Waals surface area contributed by atoms with E-state index in [0.29, 0.717) is 12.8 Å². The van der Waals surface area contributed by atoms with Gasteiger partial charge in [-0.2, -0.15) is 0 Å². The molecule has 3 heterocycles. The highest BCUT2D eigenvalue weighted by molar-refractivity contribution is 7.85. The molecule has 6 atom stereocenters. The zero-order chi connectivity index (χ0) is 13.7. The number of ether oxygens (including phenoxy) is 3. The Labute approximate surface area is 118 Å². The van der Waals surface area contributed by atoms with Gasteiger partial charge in [0.2, 0.25) is 6.29 Å². The van der Waals surface area contributed by atoms with Crippen LogP contribution in [0.4, 0.5) is 0 Å². The van der Waals surface area contributed by atoms with Crippen LogP contribution in [-0.4, -0.2) is 28.2 Å². The maximum atomic E-state index is 12.5. The number of carbonyl (C=O) groups excluding carboxylic acids is 1. The summed E-state index contributed by atoms with van der Waals surface area (Å²) in [6, 6.07) is 9.27. The second-order valence-electron chi connectivity index (χ2n) is 5.31. The molecule has 3 aliphatic heterocycles. The second kappa shape index (κ2) is 4.65. The molecule has 0 aromatic heterocycles. The predicted molar refractivity (Wildman–Crippen MR) is 68.7 cm³/mol. The van der Waals surface area contributed by atoms with E-state index in [9.17, 15) is 9.00 Å². The van der Waals surface area contributed by atoms with Crippen molar-refractivity contribution in [3.8, 4) is 0 Å². The fraction of sp³-hybridized carbons (Fsp3) is 0.500. The molecule has 3 saturated heterocycles. The third kappa shape index (κ3) is 1.90. The van der Waals surface area contributed by atoms with Gasteiger partial charge in [-0.1, -0.05) is 18.2 Å². The molecule has 0 amide bonds. The topological polar surface area (TPSA) is 61.8 Å². The first-order valence-corrected chi connectivity index (χ1v) is 7.90. The lowest BCUT2D eigenvalue weighted by Gasteiger charge is -2.15. The lowest BCUT2D eigenvalue weighted by Crippen LogP contribution is -2.21. The van der Waals surface area contributed by atoms with Crippen molar-refractivity contribution in [2.45, 2.75) is 35.8 Å². The zero-order valence-corrected chi connectivity index (χ0v) is 11.5. The van der Waals surface area contributed by atoms with Crippen molar-refractivity contribution in [1.29, 1.82) is 0 Å². The molecule has 6 heteroatoms. The molecule has 106 valence electrons. The Morgan fingerprint density at radius 3 is 2.65 bits per heavy atom. The Bertz CT molecular complexity index is 560. The number of esters is 1. The van der Waals surface area contributed by atoms with Gasteiger partial charge in [0.1, 0.15) is 5.44 Å². The van der Waals surface area contributed by atoms with Gasteiger partial charge in [-0.3, -0.25) is 9.00 Å². The highest BCUT2D eigenvalue weighted by Crippen LogP contribution is 2.48. The van der Waals surface area contributed by atoms with Crippen molar-refractivity contribution < 1.29 is 23.2 Å². The van der Waals surface area contributed by atoms with Crippen molar-refractivity contribution in [2.24, 2.45) is 11.8 Å². The Hall–Kier alpha value is -1.24. The standard InChI is InChI=1S/C14H14O5S/c15-11-6-9-10-7-12(18-14(10)19-13(9)17-11)20(16)8-4-2-1-3-5-8/h1-5,9-10,12-14H,6-7H2/t9-,10+,12-,13+,14-,20?/m0/s1. The summed E-state index contributed by atoms with van der Waals surface area (Å²) in [5, 5.41) is 0. The lowest BCUT2D eigenvalue weighted by atomic mass is 9.91. The molecule has 5 nitrogen and oxygen atoms in total. The molecule has 0 aliphatic carbocycles. The third-order valence-electron chi connectivity index (χ3n) is 4.13. The van der Waals surface area contributed by atoms with E-state index in [-0.39, 0.29) is 23.2 Å². The van der Waals surface area contributed by atoms with Crippen molar-refractivity contribution in [3.05, 3.63) is 30.3 Å². The summed E-state index contributed by atoms with van der Waals surface area (Å²) in [7, 11) is -1.21. The number of hydrogen-bond donors (Lipinski definition) is 0. The predicted octanol–water partition coefficient (Wildman–Crippen LogP) is 1.40. The first-order chi connectivity index (χ1) is 9.72. The van der Waals surface area contributed by atoms with Crippen molar-refractivity contribution >= 4 is 16.8 Å². The molecule has 0 N–H and O–H groups in total. The normalized spacial score (nSPS) is 40.2. The first-order valence-electron chi connectivity index (χ1n) is 6.68. The largest absolute Gasteiger partial charge is 0.435 e. The number of carbonyl (C=O) groups is 1. The monoisotopic (exact) mass is 294 g/mol. The van der Waals surface area contributed by atoms with Crippen LogP contribution in [0.25, 0.3) is 0 Å². The van der Waals surface area contributed by atoms with E-state index in [4.69, 9.17) is 14.2 Å². The fourth-order valence-electron chi connectivity index (χ4n) is 3.16. The Balaban J connectivity index is 1.50. The van der Waals surface area contributed by atoms with E-state index in [1.165, 1.54) is 0 Å². The van der Waals surface area contributed by atoms with Gasteiger partial charge in [0.05, 0.1) is 17.2 Å². The number of hydrogen-bond acceptors (Lipinski definition) is 5. The minimum Gasteiger partial charge on any atom is -0.435 e. The molecule has 3 aliphatic rings. The SMILES string of the molecule is O=C1C[C@@H]2[C@H](O1)O[C@@H]1O[C@@H](S(=O)c3ccccc3)C[C@@H]12. The van der Waals surface area contributed by atoms with Crippen LogP contribution in [0.2, 0.25) is 0 Å². The van der Waals surface area contributed by atoms with Gasteiger partial charge in [-0.15, -0.1) is 0 Å². The van der Waals surface area contributed by atoms with Crippen LogP contribution in [-0.2, 0) is 29.8 Å². The molecular formula is C14H14O5S. The van der Waals surface area contributed by atoms with Crippen LogP contribution in [0.15, 0.2) is 35.2 Å². The van der Waals surface area contributed by atoms with Crippen molar-refractivity contribution in [2.75, 3.05) is 0 Å². The van der Waals surface area contributed by atoms with Crippen molar-refractivity contribution in [3.63, 3.8) is 0 Å². The fourth-order valence-corrected chi connectivity index (χ4v) is 4.50. The smallest absolute Gasteiger partial charge is 0.308 e. The van der Waals surface area contributed by atoms with Gasteiger partial charge in [0, 0.05) is 16.7 Å². The first kappa shape index (κ1) is 12.5. The van der Waals surface area contributed by atoms with Gasteiger partial charge in [-0.05, 0) is 18.6 Å². The van der Waals surface area contributed by atoms with Crippen LogP contribution in [0, 0.1) is 11.8 Å². The molecular weight excluding hydrogens is 280 g/mol. The van der Waals surface area contributed by atoms with Crippen molar-refractivity contribution in [1.82, 2.24) is 0 Å². The van der Waals surface area contributed by atoms with Gasteiger partial charge >= 0.3 is 5.97 Å².